The highest BCUT2D eigenvalue weighted by Crippen LogP contribution is 2.15. The van der Waals surface area contributed by atoms with E-state index >= 15 is 0 Å². The van der Waals surface area contributed by atoms with Crippen LogP contribution in [0.3, 0.4) is 0 Å². The van der Waals surface area contributed by atoms with Gasteiger partial charge >= 0.3 is 0 Å². The van der Waals surface area contributed by atoms with Gasteiger partial charge in [-0.05, 0) is 26.3 Å². The van der Waals surface area contributed by atoms with Crippen LogP contribution in [-0.4, -0.2) is 46.1 Å². The van der Waals surface area contributed by atoms with Crippen LogP contribution in [0.25, 0.3) is 0 Å². The summed E-state index contributed by atoms with van der Waals surface area (Å²) in [5, 5.41) is 22.8. The van der Waals surface area contributed by atoms with Crippen LogP contribution in [0.15, 0.2) is 16.1 Å². The second-order valence-electron chi connectivity index (χ2n) is 3.58. The Morgan fingerprint density at radius 1 is 1.59 bits per heavy atom. The van der Waals surface area contributed by atoms with Crippen LogP contribution in [0.5, 0.6) is 0 Å². The Labute approximate surface area is 103 Å². The average Bonchev–Trinajstić information content (AvgIpc) is 2.34. The number of aliphatic hydroxyl groups excluding tert-OH is 2. The summed E-state index contributed by atoms with van der Waals surface area (Å²) in [6.45, 7) is 0.562. The fraction of sp³-hybridized carbons (Fsp3) is 0.600. The van der Waals surface area contributed by atoms with E-state index in [9.17, 15) is 15.0 Å². The molecule has 6 nitrogen and oxygen atoms in total. The van der Waals surface area contributed by atoms with E-state index in [0.29, 0.717) is 18.1 Å². The topological polar surface area (TPSA) is 98.2 Å². The zero-order valence-electron chi connectivity index (χ0n) is 9.80. The number of aliphatic hydroxyl groups is 2. The van der Waals surface area contributed by atoms with E-state index in [-0.39, 0.29) is 5.56 Å². The Morgan fingerprint density at radius 2 is 2.29 bits per heavy atom. The molecule has 1 aromatic rings. The van der Waals surface area contributed by atoms with Crippen molar-refractivity contribution in [1.29, 1.82) is 0 Å². The molecular formula is C10H17N3O3S. The molecule has 0 radical (unpaired) electrons. The molecule has 0 amide bonds. The second kappa shape index (κ2) is 6.75. The van der Waals surface area contributed by atoms with Crippen LogP contribution in [0, 0.1) is 0 Å². The van der Waals surface area contributed by atoms with Gasteiger partial charge in [0.05, 0.1) is 11.7 Å². The molecule has 4 N–H and O–H groups in total. The van der Waals surface area contributed by atoms with E-state index in [0.717, 1.165) is 0 Å². The van der Waals surface area contributed by atoms with Crippen molar-refractivity contribution in [2.24, 2.45) is 0 Å². The fourth-order valence-electron chi connectivity index (χ4n) is 1.36. The molecule has 0 fully saturated rings. The predicted octanol–water partition coefficient (Wildman–Crippen LogP) is -0.504. The molecular weight excluding hydrogens is 242 g/mol. The van der Waals surface area contributed by atoms with E-state index < -0.39 is 17.8 Å². The number of hydrogen-bond acceptors (Lipinski definition) is 6. The van der Waals surface area contributed by atoms with Crippen molar-refractivity contribution in [2.75, 3.05) is 19.8 Å². The zero-order chi connectivity index (χ0) is 12.8. The minimum atomic E-state index is -1.21. The lowest BCUT2D eigenvalue weighted by atomic mass is 10.1. The normalized spacial score (nSPS) is 14.6. The first-order valence-electron chi connectivity index (χ1n) is 5.24. The van der Waals surface area contributed by atoms with Gasteiger partial charge < -0.3 is 20.5 Å². The number of thioether (sulfide) groups is 1. The van der Waals surface area contributed by atoms with Crippen molar-refractivity contribution >= 4 is 11.8 Å². The van der Waals surface area contributed by atoms with E-state index in [1.165, 1.54) is 18.0 Å². The lowest BCUT2D eigenvalue weighted by Crippen LogP contribution is -2.28. The molecule has 0 aromatic carbocycles. The van der Waals surface area contributed by atoms with Crippen LogP contribution < -0.4 is 10.9 Å². The molecule has 96 valence electrons. The number of H-pyrrole nitrogens is 1. The minimum Gasteiger partial charge on any atom is -0.390 e. The maximum atomic E-state index is 11.6. The third-order valence-corrected chi connectivity index (χ3v) is 2.96. The van der Waals surface area contributed by atoms with Crippen molar-refractivity contribution in [3.63, 3.8) is 0 Å². The molecule has 0 aliphatic rings. The van der Waals surface area contributed by atoms with Crippen LogP contribution in [0.4, 0.5) is 0 Å². The SMILES string of the molecule is CNCCC(O)C(O)c1cnc(SC)[nH]c1=O. The zero-order valence-corrected chi connectivity index (χ0v) is 10.6. The molecule has 1 aromatic heterocycles. The van der Waals surface area contributed by atoms with Crippen LogP contribution in [0.2, 0.25) is 0 Å². The van der Waals surface area contributed by atoms with Crippen molar-refractivity contribution < 1.29 is 10.2 Å². The second-order valence-corrected chi connectivity index (χ2v) is 4.38. The fourth-order valence-corrected chi connectivity index (χ4v) is 1.71. The molecule has 17 heavy (non-hydrogen) atoms. The van der Waals surface area contributed by atoms with Crippen molar-refractivity contribution in [1.82, 2.24) is 15.3 Å². The lowest BCUT2D eigenvalue weighted by molar-refractivity contribution is 0.0129. The highest BCUT2D eigenvalue weighted by molar-refractivity contribution is 7.98. The number of nitrogens with one attached hydrogen (secondary N) is 2. The number of aromatic nitrogens is 2. The molecule has 0 aliphatic heterocycles. The molecule has 1 rings (SSSR count). The molecule has 0 saturated heterocycles. The highest BCUT2D eigenvalue weighted by atomic mass is 32.2. The summed E-state index contributed by atoms with van der Waals surface area (Å²) in [5.74, 6) is 0. The molecule has 0 aliphatic carbocycles. The van der Waals surface area contributed by atoms with Gasteiger partial charge in [0.25, 0.3) is 5.56 Å². The Bertz CT molecular complexity index is 410. The number of rotatable bonds is 6. The summed E-state index contributed by atoms with van der Waals surface area (Å²) < 4.78 is 0. The number of nitrogens with zero attached hydrogens (tertiary/aromatic N) is 1. The van der Waals surface area contributed by atoms with Gasteiger partial charge in [-0.25, -0.2) is 4.98 Å². The average molecular weight is 259 g/mol. The summed E-state index contributed by atoms with van der Waals surface area (Å²) in [4.78, 5) is 18.1. The Hall–Kier alpha value is -0.890. The van der Waals surface area contributed by atoms with Gasteiger partial charge in [0, 0.05) is 6.20 Å². The largest absolute Gasteiger partial charge is 0.390 e. The summed E-state index contributed by atoms with van der Waals surface area (Å²) in [5.41, 5.74) is -0.327. The maximum Gasteiger partial charge on any atom is 0.257 e. The van der Waals surface area contributed by atoms with Gasteiger partial charge in [0.2, 0.25) is 0 Å². The molecule has 0 spiro atoms. The van der Waals surface area contributed by atoms with Crippen molar-refractivity contribution in [3.05, 3.63) is 22.1 Å². The van der Waals surface area contributed by atoms with Gasteiger partial charge in [-0.15, -0.1) is 0 Å². The standard InChI is InChI=1S/C10H17N3O3S/c1-11-4-3-7(14)8(15)6-5-12-10(17-2)13-9(6)16/h5,7-8,11,14-15H,3-4H2,1-2H3,(H,12,13,16). The summed E-state index contributed by atoms with van der Waals surface area (Å²) in [6, 6.07) is 0. The molecule has 0 bridgehead atoms. The molecule has 0 saturated carbocycles. The quantitative estimate of drug-likeness (QED) is 0.406. The van der Waals surface area contributed by atoms with E-state index in [1.54, 1.807) is 13.3 Å². The number of hydrogen-bond donors (Lipinski definition) is 4. The van der Waals surface area contributed by atoms with Gasteiger partial charge in [-0.1, -0.05) is 11.8 Å². The van der Waals surface area contributed by atoms with Crippen molar-refractivity contribution in [2.45, 2.75) is 23.8 Å². The first-order valence-corrected chi connectivity index (χ1v) is 6.46. The third-order valence-electron chi connectivity index (χ3n) is 2.37. The van der Waals surface area contributed by atoms with Gasteiger partial charge in [-0.3, -0.25) is 4.79 Å². The first kappa shape index (κ1) is 14.2. The third kappa shape index (κ3) is 3.81. The molecule has 1 heterocycles. The summed E-state index contributed by atoms with van der Waals surface area (Å²) >= 11 is 1.30. The van der Waals surface area contributed by atoms with Crippen LogP contribution in [0.1, 0.15) is 18.1 Å². The lowest BCUT2D eigenvalue weighted by Gasteiger charge is -2.16. The van der Waals surface area contributed by atoms with Crippen LogP contribution in [-0.2, 0) is 0 Å². The van der Waals surface area contributed by atoms with E-state index in [1.807, 2.05) is 0 Å². The van der Waals surface area contributed by atoms with Crippen molar-refractivity contribution in [3.8, 4) is 0 Å². The summed E-state index contributed by atoms with van der Waals surface area (Å²) in [7, 11) is 1.75. The molecule has 2 atom stereocenters. The highest BCUT2D eigenvalue weighted by Gasteiger charge is 2.21. The monoisotopic (exact) mass is 259 g/mol. The Kier molecular flexibility index (Phi) is 5.63. The minimum absolute atomic E-state index is 0.0893. The summed E-state index contributed by atoms with van der Waals surface area (Å²) in [6.07, 6.45) is 1.26. The van der Waals surface area contributed by atoms with Crippen LogP contribution >= 0.6 is 11.8 Å². The first-order chi connectivity index (χ1) is 8.10. The number of aromatic amines is 1. The molecule has 2 unspecified atom stereocenters. The smallest absolute Gasteiger partial charge is 0.257 e. The van der Waals surface area contributed by atoms with E-state index in [4.69, 9.17) is 0 Å². The molecule has 7 heteroatoms. The maximum absolute atomic E-state index is 11.6. The van der Waals surface area contributed by atoms with Gasteiger partial charge in [0.1, 0.15) is 6.10 Å². The Morgan fingerprint density at radius 3 is 2.82 bits per heavy atom. The van der Waals surface area contributed by atoms with Gasteiger partial charge in [0.15, 0.2) is 5.16 Å². The van der Waals surface area contributed by atoms with Gasteiger partial charge in [-0.2, -0.15) is 0 Å². The predicted molar refractivity (Wildman–Crippen MR) is 66.1 cm³/mol. The Balaban J connectivity index is 2.81. The van der Waals surface area contributed by atoms with E-state index in [2.05, 4.69) is 15.3 Å².